The van der Waals surface area contributed by atoms with Crippen LogP contribution in [0.3, 0.4) is 0 Å². The number of thiophene rings is 1. The van der Waals surface area contributed by atoms with Crippen molar-refractivity contribution < 1.29 is 0 Å². The van der Waals surface area contributed by atoms with Crippen molar-refractivity contribution in [2.24, 2.45) is 0 Å². The zero-order valence-corrected chi connectivity index (χ0v) is 12.8. The van der Waals surface area contributed by atoms with Gasteiger partial charge in [0.2, 0.25) is 0 Å². The molecule has 0 bridgehead atoms. The van der Waals surface area contributed by atoms with Crippen LogP contribution in [0.25, 0.3) is 10.8 Å². The monoisotopic (exact) mass is 332 g/mol. The predicted octanol–water partition coefficient (Wildman–Crippen LogP) is 4.37. The van der Waals surface area contributed by atoms with Crippen LogP contribution in [0.2, 0.25) is 0 Å². The molecular weight excluding hydrogens is 320 g/mol. The standard InChI is InChI=1S/C15H13BrN2S/c1-17-14(15-12(16)7-9-19-15)13-11-5-3-2-4-10(11)6-8-18-13/h2-9,14,17H,1H3. The van der Waals surface area contributed by atoms with E-state index in [4.69, 9.17) is 0 Å². The molecule has 0 fully saturated rings. The lowest BCUT2D eigenvalue weighted by molar-refractivity contribution is 0.686. The number of halogens is 1. The van der Waals surface area contributed by atoms with Crippen LogP contribution in [0.4, 0.5) is 0 Å². The Morgan fingerprint density at radius 3 is 2.79 bits per heavy atom. The molecule has 1 aromatic carbocycles. The summed E-state index contributed by atoms with van der Waals surface area (Å²) in [5.74, 6) is 0. The van der Waals surface area contributed by atoms with Gasteiger partial charge in [0.25, 0.3) is 0 Å². The highest BCUT2D eigenvalue weighted by Gasteiger charge is 2.19. The van der Waals surface area contributed by atoms with Crippen molar-refractivity contribution in [2.75, 3.05) is 7.05 Å². The summed E-state index contributed by atoms with van der Waals surface area (Å²) in [5, 5.41) is 7.89. The van der Waals surface area contributed by atoms with Crippen LogP contribution in [0.15, 0.2) is 52.4 Å². The van der Waals surface area contributed by atoms with Gasteiger partial charge in [0, 0.05) is 20.9 Å². The fourth-order valence-electron chi connectivity index (χ4n) is 2.28. The molecule has 2 heterocycles. The third kappa shape index (κ3) is 2.31. The lowest BCUT2D eigenvalue weighted by Crippen LogP contribution is -2.18. The third-order valence-electron chi connectivity index (χ3n) is 3.17. The smallest absolute Gasteiger partial charge is 0.0860 e. The van der Waals surface area contributed by atoms with Gasteiger partial charge >= 0.3 is 0 Å². The van der Waals surface area contributed by atoms with E-state index in [0.29, 0.717) is 0 Å². The number of benzene rings is 1. The van der Waals surface area contributed by atoms with Crippen molar-refractivity contribution in [3.05, 3.63) is 63.0 Å². The van der Waals surface area contributed by atoms with Crippen LogP contribution in [-0.2, 0) is 0 Å². The summed E-state index contributed by atoms with van der Waals surface area (Å²) in [6.07, 6.45) is 1.88. The minimum atomic E-state index is 0.112. The summed E-state index contributed by atoms with van der Waals surface area (Å²) in [4.78, 5) is 5.85. The second-order valence-corrected chi connectivity index (χ2v) is 6.07. The molecule has 4 heteroatoms. The highest BCUT2D eigenvalue weighted by Crippen LogP contribution is 2.34. The number of pyridine rings is 1. The highest BCUT2D eigenvalue weighted by atomic mass is 79.9. The molecular formula is C15H13BrN2S. The highest BCUT2D eigenvalue weighted by molar-refractivity contribution is 9.10. The maximum Gasteiger partial charge on any atom is 0.0860 e. The van der Waals surface area contributed by atoms with E-state index in [9.17, 15) is 0 Å². The van der Waals surface area contributed by atoms with Gasteiger partial charge in [-0.25, -0.2) is 0 Å². The van der Waals surface area contributed by atoms with Crippen molar-refractivity contribution in [2.45, 2.75) is 6.04 Å². The lowest BCUT2D eigenvalue weighted by atomic mass is 10.0. The molecule has 0 aliphatic heterocycles. The lowest BCUT2D eigenvalue weighted by Gasteiger charge is -2.17. The van der Waals surface area contributed by atoms with Crippen molar-refractivity contribution in [1.29, 1.82) is 0 Å². The fourth-order valence-corrected chi connectivity index (χ4v) is 3.99. The number of nitrogens with zero attached hydrogens (tertiary/aromatic N) is 1. The second kappa shape index (κ2) is 5.41. The molecule has 2 aromatic heterocycles. The van der Waals surface area contributed by atoms with Crippen molar-refractivity contribution in [3.8, 4) is 0 Å². The van der Waals surface area contributed by atoms with Crippen LogP contribution in [-0.4, -0.2) is 12.0 Å². The molecule has 1 unspecified atom stereocenters. The van der Waals surface area contributed by atoms with Crippen LogP contribution >= 0.6 is 27.3 Å². The number of hydrogen-bond acceptors (Lipinski definition) is 3. The zero-order valence-electron chi connectivity index (χ0n) is 10.4. The van der Waals surface area contributed by atoms with Crippen LogP contribution in [0.1, 0.15) is 16.6 Å². The molecule has 1 N–H and O–H groups in total. The molecule has 0 aliphatic carbocycles. The van der Waals surface area contributed by atoms with Crippen molar-refractivity contribution >= 4 is 38.0 Å². The summed E-state index contributed by atoms with van der Waals surface area (Å²) >= 11 is 5.35. The van der Waals surface area contributed by atoms with Gasteiger partial charge in [0.1, 0.15) is 0 Å². The minimum absolute atomic E-state index is 0.112. The van der Waals surface area contributed by atoms with E-state index in [2.05, 4.69) is 68.0 Å². The van der Waals surface area contributed by atoms with Gasteiger partial charge in [-0.3, -0.25) is 4.98 Å². The van der Waals surface area contributed by atoms with E-state index in [1.165, 1.54) is 15.6 Å². The van der Waals surface area contributed by atoms with Crippen LogP contribution < -0.4 is 5.32 Å². The Kier molecular flexibility index (Phi) is 3.64. The summed E-state index contributed by atoms with van der Waals surface area (Å²) in [6.45, 7) is 0. The Labute approximate surface area is 124 Å². The number of hydrogen-bond donors (Lipinski definition) is 1. The average Bonchev–Trinajstić information content (AvgIpc) is 2.86. The summed E-state index contributed by atoms with van der Waals surface area (Å²) in [6, 6.07) is 12.6. The van der Waals surface area contributed by atoms with E-state index in [1.54, 1.807) is 11.3 Å². The molecule has 1 atom stereocenters. The predicted molar refractivity (Wildman–Crippen MR) is 84.7 cm³/mol. The Hall–Kier alpha value is -1.23. The quantitative estimate of drug-likeness (QED) is 0.770. The summed E-state index contributed by atoms with van der Waals surface area (Å²) < 4.78 is 1.13. The molecule has 0 saturated heterocycles. The molecule has 19 heavy (non-hydrogen) atoms. The molecule has 0 aliphatic rings. The third-order valence-corrected chi connectivity index (χ3v) is 5.11. The van der Waals surface area contributed by atoms with Gasteiger partial charge in [-0.05, 0) is 45.9 Å². The van der Waals surface area contributed by atoms with E-state index in [-0.39, 0.29) is 6.04 Å². The van der Waals surface area contributed by atoms with Crippen LogP contribution in [0.5, 0.6) is 0 Å². The first-order chi connectivity index (χ1) is 9.31. The molecule has 96 valence electrons. The summed E-state index contributed by atoms with van der Waals surface area (Å²) in [5.41, 5.74) is 1.07. The molecule has 3 rings (SSSR count). The number of nitrogens with one attached hydrogen (secondary N) is 1. The van der Waals surface area contributed by atoms with Crippen LogP contribution in [0, 0.1) is 0 Å². The molecule has 0 amide bonds. The van der Waals surface area contributed by atoms with E-state index in [1.807, 2.05) is 13.2 Å². The van der Waals surface area contributed by atoms with Crippen molar-refractivity contribution in [3.63, 3.8) is 0 Å². The van der Waals surface area contributed by atoms with Gasteiger partial charge in [0.15, 0.2) is 0 Å². The fraction of sp³-hybridized carbons (Fsp3) is 0.133. The van der Waals surface area contributed by atoms with E-state index < -0.39 is 0 Å². The summed E-state index contributed by atoms with van der Waals surface area (Å²) in [7, 11) is 1.97. The zero-order chi connectivity index (χ0) is 13.2. The van der Waals surface area contributed by atoms with Crippen molar-refractivity contribution in [1.82, 2.24) is 10.3 Å². The number of aromatic nitrogens is 1. The van der Waals surface area contributed by atoms with Gasteiger partial charge < -0.3 is 5.32 Å². The van der Waals surface area contributed by atoms with E-state index in [0.717, 1.165) is 10.2 Å². The van der Waals surface area contributed by atoms with E-state index >= 15 is 0 Å². The SMILES string of the molecule is CNC(c1sccc1Br)c1nccc2ccccc12. The maximum absolute atomic E-state index is 4.60. The Bertz CT molecular complexity index is 703. The number of fused-ring (bicyclic) bond motifs is 1. The first-order valence-electron chi connectivity index (χ1n) is 6.05. The first kappa shape index (κ1) is 12.8. The number of rotatable bonds is 3. The molecule has 0 saturated carbocycles. The van der Waals surface area contributed by atoms with Gasteiger partial charge in [-0.1, -0.05) is 24.3 Å². The van der Waals surface area contributed by atoms with Gasteiger partial charge in [0.05, 0.1) is 11.7 Å². The topological polar surface area (TPSA) is 24.9 Å². The molecule has 2 nitrogen and oxygen atoms in total. The second-order valence-electron chi connectivity index (χ2n) is 4.27. The van der Waals surface area contributed by atoms with Gasteiger partial charge in [-0.2, -0.15) is 0 Å². The Balaban J connectivity index is 2.20. The average molecular weight is 333 g/mol. The Morgan fingerprint density at radius 1 is 1.21 bits per heavy atom. The van der Waals surface area contributed by atoms with Gasteiger partial charge in [-0.15, -0.1) is 11.3 Å². The normalized spacial score (nSPS) is 12.7. The molecule has 0 radical (unpaired) electrons. The first-order valence-corrected chi connectivity index (χ1v) is 7.72. The minimum Gasteiger partial charge on any atom is -0.307 e. The largest absolute Gasteiger partial charge is 0.307 e. The maximum atomic E-state index is 4.60. The Morgan fingerprint density at radius 2 is 2.05 bits per heavy atom. The molecule has 0 spiro atoms. The molecule has 3 aromatic rings.